The minimum Gasteiger partial charge on any atom is -0.469 e. The molecule has 0 bridgehead atoms. The van der Waals surface area contributed by atoms with E-state index in [9.17, 15) is 0 Å². The summed E-state index contributed by atoms with van der Waals surface area (Å²) in [6.07, 6.45) is 3.39. The molecule has 0 aliphatic heterocycles. The van der Waals surface area contributed by atoms with E-state index in [4.69, 9.17) is 21.9 Å². The molecule has 0 aromatic carbocycles. The van der Waals surface area contributed by atoms with Gasteiger partial charge in [0.15, 0.2) is 0 Å². The second kappa shape index (κ2) is 5.69. The van der Waals surface area contributed by atoms with Gasteiger partial charge in [0.1, 0.15) is 5.76 Å². The fourth-order valence-electron chi connectivity index (χ4n) is 1.87. The third-order valence-corrected chi connectivity index (χ3v) is 3.97. The van der Waals surface area contributed by atoms with Crippen LogP contribution in [0.5, 0.6) is 0 Å². The summed E-state index contributed by atoms with van der Waals surface area (Å²) < 4.78 is 6.23. The molecule has 2 heterocycles. The van der Waals surface area contributed by atoms with Crippen LogP contribution in [0.2, 0.25) is 4.34 Å². The van der Waals surface area contributed by atoms with Crippen LogP contribution in [0, 0.1) is 0 Å². The molecule has 3 N–H and O–H groups in total. The molecule has 0 saturated heterocycles. The Labute approximate surface area is 110 Å². The van der Waals surface area contributed by atoms with Crippen molar-refractivity contribution in [1.82, 2.24) is 5.43 Å². The first-order chi connectivity index (χ1) is 8.24. The minimum atomic E-state index is 0.0680. The molecule has 0 spiro atoms. The number of aryl methyl sites for hydroxylation is 1. The average molecular weight is 271 g/mol. The zero-order chi connectivity index (χ0) is 12.3. The molecule has 5 heteroatoms. The number of hydrogen-bond acceptors (Lipinski definition) is 4. The molecule has 3 nitrogen and oxygen atoms in total. The lowest BCUT2D eigenvalue weighted by molar-refractivity contribution is 0.488. The third kappa shape index (κ3) is 2.90. The Morgan fingerprint density at radius 2 is 2.29 bits per heavy atom. The van der Waals surface area contributed by atoms with Crippen molar-refractivity contribution in [2.24, 2.45) is 5.84 Å². The molecule has 0 aliphatic rings. The van der Waals surface area contributed by atoms with Gasteiger partial charge in [-0.05, 0) is 18.2 Å². The van der Waals surface area contributed by atoms with E-state index in [1.54, 1.807) is 17.6 Å². The summed E-state index contributed by atoms with van der Waals surface area (Å²) in [4.78, 5) is 1.21. The molecule has 0 fully saturated rings. The topological polar surface area (TPSA) is 51.2 Å². The highest BCUT2D eigenvalue weighted by Gasteiger charge is 2.17. The number of nitrogens with two attached hydrogens (primary N) is 1. The molecule has 1 unspecified atom stereocenters. The van der Waals surface area contributed by atoms with Crippen molar-refractivity contribution in [2.75, 3.05) is 0 Å². The van der Waals surface area contributed by atoms with Crippen molar-refractivity contribution in [2.45, 2.75) is 25.8 Å². The molecule has 2 rings (SSSR count). The molecular weight excluding hydrogens is 256 g/mol. The lowest BCUT2D eigenvalue weighted by Crippen LogP contribution is -2.29. The molecule has 1 atom stereocenters. The van der Waals surface area contributed by atoms with Crippen LogP contribution in [0.3, 0.4) is 0 Å². The molecule has 17 heavy (non-hydrogen) atoms. The third-order valence-electron chi connectivity index (χ3n) is 2.71. The van der Waals surface area contributed by atoms with Gasteiger partial charge in [-0.1, -0.05) is 18.5 Å². The molecule has 92 valence electrons. The fraction of sp³-hybridized carbons (Fsp3) is 0.333. The van der Waals surface area contributed by atoms with Crippen molar-refractivity contribution >= 4 is 22.9 Å². The second-order valence-electron chi connectivity index (χ2n) is 3.78. The predicted molar refractivity (Wildman–Crippen MR) is 71.2 cm³/mol. The smallest absolute Gasteiger partial charge is 0.108 e. The highest BCUT2D eigenvalue weighted by molar-refractivity contribution is 7.16. The Balaban J connectivity index is 2.16. The number of hydrogen-bond donors (Lipinski definition) is 2. The fourth-order valence-corrected chi connectivity index (χ4v) is 3.00. The van der Waals surface area contributed by atoms with E-state index in [1.807, 2.05) is 18.2 Å². The number of nitrogens with one attached hydrogen (secondary N) is 1. The Hall–Kier alpha value is -0.810. The van der Waals surface area contributed by atoms with Crippen LogP contribution in [0.15, 0.2) is 28.9 Å². The van der Waals surface area contributed by atoms with Crippen LogP contribution in [0.25, 0.3) is 0 Å². The van der Waals surface area contributed by atoms with Crippen LogP contribution < -0.4 is 11.3 Å². The molecule has 0 aliphatic carbocycles. The first kappa shape index (κ1) is 12.6. The van der Waals surface area contributed by atoms with Crippen LogP contribution in [-0.2, 0) is 12.8 Å². The standard InChI is InChI=1S/C12H15ClN2OS/c1-2-11-9(5-6-16-11)10(15-14)7-8-3-4-12(13)17-8/h3-6,10,15H,2,7,14H2,1H3. The Morgan fingerprint density at radius 1 is 1.47 bits per heavy atom. The molecule has 0 radical (unpaired) electrons. The van der Waals surface area contributed by atoms with Gasteiger partial charge in [0.25, 0.3) is 0 Å². The van der Waals surface area contributed by atoms with Gasteiger partial charge >= 0.3 is 0 Å². The van der Waals surface area contributed by atoms with E-state index in [1.165, 1.54) is 4.88 Å². The number of furan rings is 1. The van der Waals surface area contributed by atoms with Crippen molar-refractivity contribution < 1.29 is 4.42 Å². The Bertz CT molecular complexity index is 480. The maximum absolute atomic E-state index is 5.92. The summed E-state index contributed by atoms with van der Waals surface area (Å²) >= 11 is 7.50. The monoisotopic (exact) mass is 270 g/mol. The number of halogens is 1. The summed E-state index contributed by atoms with van der Waals surface area (Å²) in [7, 11) is 0. The van der Waals surface area contributed by atoms with Gasteiger partial charge in [0.05, 0.1) is 16.6 Å². The van der Waals surface area contributed by atoms with Crippen LogP contribution in [0.4, 0.5) is 0 Å². The average Bonchev–Trinajstić information content (AvgIpc) is 2.94. The van der Waals surface area contributed by atoms with Crippen LogP contribution >= 0.6 is 22.9 Å². The summed E-state index contributed by atoms with van der Waals surface area (Å²) in [5.41, 5.74) is 3.97. The van der Waals surface area contributed by atoms with Gasteiger partial charge in [-0.15, -0.1) is 11.3 Å². The van der Waals surface area contributed by atoms with Gasteiger partial charge in [0.2, 0.25) is 0 Å². The number of thiophene rings is 1. The van der Waals surface area contributed by atoms with E-state index in [2.05, 4.69) is 12.3 Å². The number of rotatable bonds is 5. The maximum atomic E-state index is 5.92. The minimum absolute atomic E-state index is 0.0680. The van der Waals surface area contributed by atoms with E-state index in [-0.39, 0.29) is 6.04 Å². The molecule has 0 saturated carbocycles. The van der Waals surface area contributed by atoms with Gasteiger partial charge in [0, 0.05) is 23.3 Å². The zero-order valence-electron chi connectivity index (χ0n) is 9.57. The first-order valence-electron chi connectivity index (χ1n) is 5.51. The Morgan fingerprint density at radius 3 is 2.88 bits per heavy atom. The highest BCUT2D eigenvalue weighted by Crippen LogP contribution is 2.28. The van der Waals surface area contributed by atoms with Gasteiger partial charge in [-0.25, -0.2) is 0 Å². The van der Waals surface area contributed by atoms with E-state index in [0.29, 0.717) is 0 Å². The van der Waals surface area contributed by atoms with E-state index >= 15 is 0 Å². The van der Waals surface area contributed by atoms with E-state index < -0.39 is 0 Å². The SMILES string of the molecule is CCc1occc1C(Cc1ccc(Cl)s1)NN. The normalized spacial score (nSPS) is 12.9. The van der Waals surface area contributed by atoms with Crippen molar-refractivity contribution in [3.63, 3.8) is 0 Å². The highest BCUT2D eigenvalue weighted by atomic mass is 35.5. The Kier molecular flexibility index (Phi) is 4.23. The molecular formula is C12H15ClN2OS. The lowest BCUT2D eigenvalue weighted by atomic mass is 10.0. The molecule has 2 aromatic heterocycles. The van der Waals surface area contributed by atoms with Crippen molar-refractivity contribution in [3.8, 4) is 0 Å². The zero-order valence-corrected chi connectivity index (χ0v) is 11.1. The molecule has 2 aromatic rings. The summed E-state index contributed by atoms with van der Waals surface area (Å²) in [5, 5.41) is 0. The quantitative estimate of drug-likeness (QED) is 0.647. The predicted octanol–water partition coefficient (Wildman–Crippen LogP) is 3.30. The van der Waals surface area contributed by atoms with Crippen molar-refractivity contribution in [1.29, 1.82) is 0 Å². The molecule has 0 amide bonds. The van der Waals surface area contributed by atoms with Crippen LogP contribution in [-0.4, -0.2) is 0 Å². The van der Waals surface area contributed by atoms with Gasteiger partial charge in [-0.3, -0.25) is 11.3 Å². The summed E-state index contributed by atoms with van der Waals surface area (Å²) in [6, 6.07) is 5.98. The first-order valence-corrected chi connectivity index (χ1v) is 6.70. The largest absolute Gasteiger partial charge is 0.469 e. The summed E-state index contributed by atoms with van der Waals surface area (Å²) in [6.45, 7) is 2.07. The maximum Gasteiger partial charge on any atom is 0.108 e. The van der Waals surface area contributed by atoms with Crippen LogP contribution in [0.1, 0.15) is 29.2 Å². The second-order valence-corrected chi connectivity index (χ2v) is 5.58. The van der Waals surface area contributed by atoms with E-state index in [0.717, 1.165) is 28.5 Å². The lowest BCUT2D eigenvalue weighted by Gasteiger charge is -2.14. The van der Waals surface area contributed by atoms with Crippen molar-refractivity contribution in [3.05, 3.63) is 45.0 Å². The number of hydrazine groups is 1. The van der Waals surface area contributed by atoms with Gasteiger partial charge in [-0.2, -0.15) is 0 Å². The van der Waals surface area contributed by atoms with Gasteiger partial charge < -0.3 is 4.42 Å². The summed E-state index contributed by atoms with van der Waals surface area (Å²) in [5.74, 6) is 6.60.